The van der Waals surface area contributed by atoms with Crippen molar-refractivity contribution < 1.29 is 5.11 Å². The molecule has 58 valence electrons. The number of aliphatic hydroxyl groups is 1. The summed E-state index contributed by atoms with van der Waals surface area (Å²) in [5.41, 5.74) is -0.292. The third-order valence-electron chi connectivity index (χ3n) is 1.98. The first-order valence-corrected chi connectivity index (χ1v) is 3.81. The molecule has 0 spiro atoms. The first-order valence-electron chi connectivity index (χ1n) is 3.81. The van der Waals surface area contributed by atoms with E-state index >= 15 is 0 Å². The van der Waals surface area contributed by atoms with Gasteiger partial charge in [-0.3, -0.25) is 0 Å². The monoisotopic (exact) mass is 140 g/mol. The Morgan fingerprint density at radius 2 is 1.90 bits per heavy atom. The highest BCUT2D eigenvalue weighted by molar-refractivity contribution is 5.07. The molecule has 1 aliphatic carbocycles. The van der Waals surface area contributed by atoms with Gasteiger partial charge in [0.2, 0.25) is 0 Å². The Hall–Kier alpha value is -0.300. The van der Waals surface area contributed by atoms with Crippen LogP contribution in [0.15, 0.2) is 12.2 Å². The average molecular weight is 140 g/mol. The van der Waals surface area contributed by atoms with Gasteiger partial charge in [0.15, 0.2) is 0 Å². The second-order valence-electron chi connectivity index (χ2n) is 4.30. The van der Waals surface area contributed by atoms with Crippen molar-refractivity contribution in [3.63, 3.8) is 0 Å². The maximum absolute atomic E-state index is 9.62. The Balaban J connectivity index is 2.73. The van der Waals surface area contributed by atoms with Gasteiger partial charge in [0, 0.05) is 0 Å². The predicted molar refractivity (Wildman–Crippen MR) is 42.8 cm³/mol. The van der Waals surface area contributed by atoms with Crippen molar-refractivity contribution in [2.45, 2.75) is 39.2 Å². The summed E-state index contributed by atoms with van der Waals surface area (Å²) in [5, 5.41) is 9.62. The molecule has 0 fully saturated rings. The Kier molecular flexibility index (Phi) is 1.63. The van der Waals surface area contributed by atoms with Gasteiger partial charge in [0.1, 0.15) is 0 Å². The van der Waals surface area contributed by atoms with E-state index in [-0.39, 0.29) is 5.41 Å². The molecule has 0 radical (unpaired) electrons. The molecule has 1 atom stereocenters. The zero-order chi connectivity index (χ0) is 7.83. The molecule has 0 amide bonds. The minimum absolute atomic E-state index is 0.276. The summed E-state index contributed by atoms with van der Waals surface area (Å²) < 4.78 is 0. The molecule has 1 nitrogen and oxygen atoms in total. The van der Waals surface area contributed by atoms with Crippen molar-refractivity contribution in [2.75, 3.05) is 0 Å². The normalized spacial score (nSPS) is 38.0. The molecule has 1 rings (SSSR count). The van der Waals surface area contributed by atoms with E-state index in [1.165, 1.54) is 0 Å². The van der Waals surface area contributed by atoms with Gasteiger partial charge in [-0.15, -0.1) is 0 Å². The van der Waals surface area contributed by atoms with Gasteiger partial charge in [0.25, 0.3) is 0 Å². The summed E-state index contributed by atoms with van der Waals surface area (Å²) >= 11 is 0. The van der Waals surface area contributed by atoms with Crippen molar-refractivity contribution in [2.24, 2.45) is 5.41 Å². The minimum Gasteiger partial charge on any atom is -0.386 e. The number of hydrogen-bond acceptors (Lipinski definition) is 1. The lowest BCUT2D eigenvalue weighted by atomic mass is 9.74. The van der Waals surface area contributed by atoms with E-state index in [9.17, 15) is 5.11 Å². The fraction of sp³-hybridized carbons (Fsp3) is 0.778. The first-order chi connectivity index (χ1) is 4.41. The fourth-order valence-electron chi connectivity index (χ4n) is 1.73. The summed E-state index contributed by atoms with van der Waals surface area (Å²) in [7, 11) is 0. The van der Waals surface area contributed by atoms with E-state index in [4.69, 9.17) is 0 Å². The molecule has 1 N–H and O–H groups in total. The highest BCUT2D eigenvalue weighted by Gasteiger charge is 2.30. The zero-order valence-electron chi connectivity index (χ0n) is 7.02. The Morgan fingerprint density at radius 1 is 1.30 bits per heavy atom. The molecule has 0 bridgehead atoms. The van der Waals surface area contributed by atoms with E-state index in [1.807, 2.05) is 13.0 Å². The second-order valence-corrected chi connectivity index (χ2v) is 4.30. The molecule has 0 aromatic heterocycles. The molecule has 10 heavy (non-hydrogen) atoms. The Labute approximate surface area is 62.8 Å². The van der Waals surface area contributed by atoms with E-state index in [0.29, 0.717) is 0 Å². The summed E-state index contributed by atoms with van der Waals surface area (Å²) in [5.74, 6) is 0. The standard InChI is InChI=1S/C9H16O/c1-8(2)5-4-6-9(3,10)7-8/h4,6,10H,5,7H2,1-3H3. The average Bonchev–Trinajstić information content (AvgIpc) is 1.56. The fourth-order valence-corrected chi connectivity index (χ4v) is 1.73. The maximum atomic E-state index is 9.62. The second kappa shape index (κ2) is 2.09. The van der Waals surface area contributed by atoms with Crippen LogP contribution in [0.4, 0.5) is 0 Å². The topological polar surface area (TPSA) is 20.2 Å². The smallest absolute Gasteiger partial charge is 0.0804 e. The van der Waals surface area contributed by atoms with Crippen LogP contribution in [0.3, 0.4) is 0 Å². The molecule has 0 saturated carbocycles. The van der Waals surface area contributed by atoms with Crippen LogP contribution in [-0.2, 0) is 0 Å². The molecule has 1 unspecified atom stereocenters. The van der Waals surface area contributed by atoms with Crippen LogP contribution in [0, 0.1) is 5.41 Å². The molecule has 0 heterocycles. The summed E-state index contributed by atoms with van der Waals surface area (Å²) in [6.45, 7) is 6.24. The van der Waals surface area contributed by atoms with Gasteiger partial charge in [-0.05, 0) is 25.2 Å². The predicted octanol–water partition coefficient (Wildman–Crippen LogP) is 2.11. The molecule has 0 aromatic rings. The molecule has 0 saturated heterocycles. The van der Waals surface area contributed by atoms with Crippen LogP contribution in [0.25, 0.3) is 0 Å². The highest BCUT2D eigenvalue weighted by Crippen LogP contribution is 2.36. The first kappa shape index (κ1) is 7.80. The zero-order valence-corrected chi connectivity index (χ0v) is 7.02. The van der Waals surface area contributed by atoms with Crippen LogP contribution in [0.5, 0.6) is 0 Å². The third-order valence-corrected chi connectivity index (χ3v) is 1.98. The molecule has 0 aliphatic heterocycles. The maximum Gasteiger partial charge on any atom is 0.0804 e. The van der Waals surface area contributed by atoms with Crippen molar-refractivity contribution in [1.29, 1.82) is 0 Å². The molecule has 0 aromatic carbocycles. The van der Waals surface area contributed by atoms with Crippen LogP contribution < -0.4 is 0 Å². The van der Waals surface area contributed by atoms with Gasteiger partial charge in [-0.25, -0.2) is 0 Å². The van der Waals surface area contributed by atoms with Crippen molar-refractivity contribution in [3.05, 3.63) is 12.2 Å². The third kappa shape index (κ3) is 1.84. The lowest BCUT2D eigenvalue weighted by Gasteiger charge is -2.34. The summed E-state index contributed by atoms with van der Waals surface area (Å²) in [4.78, 5) is 0. The van der Waals surface area contributed by atoms with Gasteiger partial charge < -0.3 is 5.11 Å². The lowest BCUT2D eigenvalue weighted by molar-refractivity contribution is 0.0507. The van der Waals surface area contributed by atoms with E-state index in [1.54, 1.807) is 0 Å². The van der Waals surface area contributed by atoms with Crippen molar-refractivity contribution in [1.82, 2.24) is 0 Å². The molecular formula is C9H16O. The van der Waals surface area contributed by atoms with Gasteiger partial charge in [-0.2, -0.15) is 0 Å². The Morgan fingerprint density at radius 3 is 2.20 bits per heavy atom. The summed E-state index contributed by atoms with van der Waals surface area (Å²) in [6, 6.07) is 0. The van der Waals surface area contributed by atoms with Gasteiger partial charge >= 0.3 is 0 Å². The molecular weight excluding hydrogens is 124 g/mol. The van der Waals surface area contributed by atoms with E-state index in [0.717, 1.165) is 12.8 Å². The van der Waals surface area contributed by atoms with Gasteiger partial charge in [0.05, 0.1) is 5.60 Å². The number of hydrogen-bond donors (Lipinski definition) is 1. The molecule has 1 heteroatoms. The largest absolute Gasteiger partial charge is 0.386 e. The number of allylic oxidation sites excluding steroid dienone is 1. The summed E-state index contributed by atoms with van der Waals surface area (Å²) in [6.07, 6.45) is 5.93. The Bertz CT molecular complexity index is 154. The van der Waals surface area contributed by atoms with Crippen molar-refractivity contribution in [3.8, 4) is 0 Å². The molecule has 1 aliphatic rings. The van der Waals surface area contributed by atoms with E-state index < -0.39 is 5.60 Å². The van der Waals surface area contributed by atoms with Crippen LogP contribution >= 0.6 is 0 Å². The lowest BCUT2D eigenvalue weighted by Crippen LogP contribution is -2.32. The minimum atomic E-state index is -0.568. The highest BCUT2D eigenvalue weighted by atomic mass is 16.3. The van der Waals surface area contributed by atoms with E-state index in [2.05, 4.69) is 19.9 Å². The van der Waals surface area contributed by atoms with Crippen LogP contribution in [0.1, 0.15) is 33.6 Å². The SMILES string of the molecule is CC1(O)C=CCC(C)(C)C1. The van der Waals surface area contributed by atoms with Crippen LogP contribution in [0.2, 0.25) is 0 Å². The quantitative estimate of drug-likeness (QED) is 0.511. The van der Waals surface area contributed by atoms with Crippen LogP contribution in [-0.4, -0.2) is 10.7 Å². The van der Waals surface area contributed by atoms with Gasteiger partial charge in [-0.1, -0.05) is 26.0 Å². The number of rotatable bonds is 0. The van der Waals surface area contributed by atoms with Crippen molar-refractivity contribution >= 4 is 0 Å².